The van der Waals surface area contributed by atoms with Gasteiger partial charge in [-0.2, -0.15) is 4.99 Å². The quantitative estimate of drug-likeness (QED) is 0.617. The maximum Gasteiger partial charge on any atom is 0.235 e. The van der Waals surface area contributed by atoms with Gasteiger partial charge in [0.05, 0.1) is 7.11 Å². The Morgan fingerprint density at radius 2 is 2.16 bits per heavy atom. The van der Waals surface area contributed by atoms with Crippen LogP contribution < -0.4 is 4.74 Å². The second kappa shape index (κ2) is 5.10. The van der Waals surface area contributed by atoms with E-state index in [0.29, 0.717) is 18.4 Å². The fourth-order valence-electron chi connectivity index (χ4n) is 2.44. The second-order valence-corrected chi connectivity index (χ2v) is 4.79. The van der Waals surface area contributed by atoms with Crippen molar-refractivity contribution in [2.75, 3.05) is 7.11 Å². The zero-order valence-electron chi connectivity index (χ0n) is 10.9. The monoisotopic (exact) mass is 267 g/mol. The van der Waals surface area contributed by atoms with Crippen LogP contribution in [0.15, 0.2) is 17.1 Å². The number of hydrogen-bond acceptors (Lipinski definition) is 3. The van der Waals surface area contributed by atoms with Gasteiger partial charge >= 0.3 is 0 Å². The molecule has 1 aliphatic rings. The fraction of sp³-hybridized carbons (Fsp3) is 0.500. The van der Waals surface area contributed by atoms with Gasteiger partial charge in [-0.3, -0.25) is 0 Å². The highest BCUT2D eigenvalue weighted by Crippen LogP contribution is 2.49. The second-order valence-electron chi connectivity index (χ2n) is 4.79. The maximum atomic E-state index is 14.0. The van der Waals surface area contributed by atoms with Crippen LogP contribution in [0.4, 0.5) is 8.78 Å². The third kappa shape index (κ3) is 2.26. The molecule has 102 valence electrons. The number of ether oxygens (including phenoxy) is 1. The molecule has 2 rings (SSSR count). The maximum absolute atomic E-state index is 14.0. The van der Waals surface area contributed by atoms with Crippen LogP contribution in [0.25, 0.3) is 0 Å². The molecule has 0 saturated heterocycles. The normalized spacial score (nSPS) is 18.1. The van der Waals surface area contributed by atoms with E-state index in [9.17, 15) is 13.6 Å². The number of aliphatic imine (C=N–C) groups is 1. The molecule has 1 aromatic rings. The standard InChI is InChI=1S/C14H15F2NO2/c1-9(15)10-6-11(13(19-2)12(16)7-10)14(17-8-18)4-3-5-14/h6-7,9H,3-5H2,1-2H3. The zero-order valence-corrected chi connectivity index (χ0v) is 10.9. The van der Waals surface area contributed by atoms with Crippen LogP contribution in [-0.4, -0.2) is 13.2 Å². The van der Waals surface area contributed by atoms with Gasteiger partial charge in [0.1, 0.15) is 11.7 Å². The van der Waals surface area contributed by atoms with E-state index in [2.05, 4.69) is 4.99 Å². The van der Waals surface area contributed by atoms with Crippen LogP contribution in [-0.2, 0) is 10.3 Å². The Morgan fingerprint density at radius 1 is 1.47 bits per heavy atom. The van der Waals surface area contributed by atoms with Gasteiger partial charge in [-0.15, -0.1) is 0 Å². The largest absolute Gasteiger partial charge is 0.493 e. The van der Waals surface area contributed by atoms with Crippen molar-refractivity contribution in [1.82, 2.24) is 0 Å². The predicted molar refractivity (Wildman–Crippen MR) is 66.1 cm³/mol. The SMILES string of the molecule is COc1c(F)cc(C(C)F)cc1C1(N=C=O)CCC1. The first kappa shape index (κ1) is 13.7. The van der Waals surface area contributed by atoms with Gasteiger partial charge < -0.3 is 4.74 Å². The minimum Gasteiger partial charge on any atom is -0.493 e. The van der Waals surface area contributed by atoms with Gasteiger partial charge in [0.2, 0.25) is 6.08 Å². The van der Waals surface area contributed by atoms with Gasteiger partial charge in [-0.05, 0) is 43.9 Å². The Kier molecular flexibility index (Phi) is 3.67. The van der Waals surface area contributed by atoms with Crippen molar-refractivity contribution in [3.8, 4) is 5.75 Å². The Labute approximate surface area is 110 Å². The summed E-state index contributed by atoms with van der Waals surface area (Å²) < 4.78 is 32.4. The number of halogens is 2. The molecule has 5 heteroatoms. The molecule has 0 spiro atoms. The van der Waals surface area contributed by atoms with Gasteiger partial charge in [-0.25, -0.2) is 13.6 Å². The fourth-order valence-corrected chi connectivity index (χ4v) is 2.44. The van der Waals surface area contributed by atoms with Gasteiger partial charge in [0.25, 0.3) is 0 Å². The van der Waals surface area contributed by atoms with Crippen molar-refractivity contribution in [2.24, 2.45) is 4.99 Å². The van der Waals surface area contributed by atoms with Crippen LogP contribution in [0.3, 0.4) is 0 Å². The van der Waals surface area contributed by atoms with E-state index in [0.717, 1.165) is 12.5 Å². The van der Waals surface area contributed by atoms with E-state index in [1.54, 1.807) is 0 Å². The Balaban J connectivity index is 2.62. The molecule has 1 unspecified atom stereocenters. The summed E-state index contributed by atoms with van der Waals surface area (Å²) in [5.41, 5.74) is -0.150. The molecule has 1 saturated carbocycles. The number of benzene rings is 1. The number of hydrogen-bond donors (Lipinski definition) is 0. The highest BCUT2D eigenvalue weighted by molar-refractivity contribution is 5.48. The molecule has 1 aliphatic carbocycles. The summed E-state index contributed by atoms with van der Waals surface area (Å²) in [5.74, 6) is -0.602. The third-order valence-corrected chi connectivity index (χ3v) is 3.67. The lowest BCUT2D eigenvalue weighted by molar-refractivity contribution is 0.242. The molecular weight excluding hydrogens is 252 g/mol. The van der Waals surface area contributed by atoms with Crippen molar-refractivity contribution in [3.63, 3.8) is 0 Å². The van der Waals surface area contributed by atoms with Crippen LogP contribution in [0.2, 0.25) is 0 Å². The number of methoxy groups -OCH3 is 1. The van der Waals surface area contributed by atoms with Crippen LogP contribution in [0.1, 0.15) is 43.5 Å². The molecule has 0 N–H and O–H groups in total. The highest BCUT2D eigenvalue weighted by Gasteiger charge is 2.42. The number of carbonyl (C=O) groups excluding carboxylic acids is 1. The first-order valence-corrected chi connectivity index (χ1v) is 6.15. The zero-order chi connectivity index (χ0) is 14.0. The average Bonchev–Trinajstić information content (AvgIpc) is 2.32. The Bertz CT molecular complexity index is 532. The molecular formula is C14H15F2NO2. The molecule has 19 heavy (non-hydrogen) atoms. The summed E-state index contributed by atoms with van der Waals surface area (Å²) in [7, 11) is 1.34. The number of rotatable bonds is 4. The van der Waals surface area contributed by atoms with Crippen molar-refractivity contribution >= 4 is 6.08 Å². The van der Waals surface area contributed by atoms with E-state index in [-0.39, 0.29) is 11.3 Å². The molecule has 0 aromatic heterocycles. The third-order valence-electron chi connectivity index (χ3n) is 3.67. The van der Waals surface area contributed by atoms with E-state index >= 15 is 0 Å². The number of alkyl halides is 1. The number of nitrogens with zero attached hydrogens (tertiary/aromatic N) is 1. The molecule has 0 aliphatic heterocycles. The summed E-state index contributed by atoms with van der Waals surface area (Å²) in [6.07, 6.45) is 2.34. The number of isocyanates is 1. The first-order chi connectivity index (χ1) is 9.04. The molecule has 0 heterocycles. The lowest BCUT2D eigenvalue weighted by atomic mass is 9.71. The summed E-state index contributed by atoms with van der Waals surface area (Å²) in [5, 5.41) is 0. The molecule has 1 aromatic carbocycles. The predicted octanol–water partition coefficient (Wildman–Crippen LogP) is 3.58. The lowest BCUT2D eigenvalue weighted by Crippen LogP contribution is -2.32. The Hall–Kier alpha value is -1.74. The molecule has 0 bridgehead atoms. The van der Waals surface area contributed by atoms with Crippen LogP contribution >= 0.6 is 0 Å². The van der Waals surface area contributed by atoms with Crippen molar-refractivity contribution in [1.29, 1.82) is 0 Å². The van der Waals surface area contributed by atoms with Gasteiger partial charge in [0.15, 0.2) is 11.6 Å². The smallest absolute Gasteiger partial charge is 0.235 e. The summed E-state index contributed by atoms with van der Waals surface area (Å²) in [6, 6.07) is 2.65. The summed E-state index contributed by atoms with van der Waals surface area (Å²) in [6.45, 7) is 1.33. The van der Waals surface area contributed by atoms with E-state index < -0.39 is 17.5 Å². The first-order valence-electron chi connectivity index (χ1n) is 6.15. The highest BCUT2D eigenvalue weighted by atomic mass is 19.1. The lowest BCUT2D eigenvalue weighted by Gasteiger charge is -2.38. The minimum absolute atomic E-state index is 0.0306. The van der Waals surface area contributed by atoms with E-state index in [1.165, 1.54) is 26.2 Å². The Morgan fingerprint density at radius 3 is 2.58 bits per heavy atom. The average molecular weight is 267 g/mol. The van der Waals surface area contributed by atoms with Gasteiger partial charge in [0, 0.05) is 5.56 Å². The van der Waals surface area contributed by atoms with Crippen molar-refractivity contribution in [2.45, 2.75) is 37.9 Å². The van der Waals surface area contributed by atoms with Crippen molar-refractivity contribution in [3.05, 3.63) is 29.1 Å². The molecule has 0 amide bonds. The van der Waals surface area contributed by atoms with Crippen LogP contribution in [0, 0.1) is 5.82 Å². The van der Waals surface area contributed by atoms with Crippen LogP contribution in [0.5, 0.6) is 5.75 Å². The molecule has 1 atom stereocenters. The molecule has 3 nitrogen and oxygen atoms in total. The van der Waals surface area contributed by atoms with Gasteiger partial charge in [-0.1, -0.05) is 0 Å². The topological polar surface area (TPSA) is 38.7 Å². The summed E-state index contributed by atoms with van der Waals surface area (Å²) in [4.78, 5) is 14.4. The van der Waals surface area contributed by atoms with Crippen molar-refractivity contribution < 1.29 is 18.3 Å². The summed E-state index contributed by atoms with van der Waals surface area (Å²) >= 11 is 0. The molecule has 0 radical (unpaired) electrons. The van der Waals surface area contributed by atoms with E-state index in [4.69, 9.17) is 4.74 Å². The molecule has 1 fully saturated rings. The van der Waals surface area contributed by atoms with E-state index in [1.807, 2.05) is 0 Å². The minimum atomic E-state index is -1.29.